The average molecular weight is 357 g/mol. The first-order valence-corrected chi connectivity index (χ1v) is 7.49. The fourth-order valence-electron chi connectivity index (χ4n) is 2.07. The van der Waals surface area contributed by atoms with Crippen LogP contribution in [0.4, 0.5) is 0 Å². The average Bonchev–Trinajstić information content (AvgIpc) is 2.55. The highest BCUT2D eigenvalue weighted by atomic mass is 35.5. The molecule has 0 aromatic heterocycles. The Morgan fingerprint density at radius 2 is 1.52 bits per heavy atom. The highest BCUT2D eigenvalue weighted by Gasteiger charge is 1.97. The van der Waals surface area contributed by atoms with Crippen LogP contribution in [0.25, 0.3) is 0 Å². The molecule has 0 aliphatic carbocycles. The fraction of sp³-hybridized carbons (Fsp3) is 0.333. The van der Waals surface area contributed by atoms with Gasteiger partial charge in [-0.2, -0.15) is 0 Å². The van der Waals surface area contributed by atoms with Crippen LogP contribution >= 0.6 is 24.8 Å². The van der Waals surface area contributed by atoms with Crippen molar-refractivity contribution in [2.24, 2.45) is 0 Å². The maximum atomic E-state index is 5.78. The van der Waals surface area contributed by atoms with Crippen LogP contribution in [0.15, 0.2) is 54.6 Å². The molecule has 3 nitrogen and oxygen atoms in total. The van der Waals surface area contributed by atoms with Crippen molar-refractivity contribution >= 4 is 24.8 Å². The van der Waals surface area contributed by atoms with E-state index >= 15 is 0 Å². The smallest absolute Gasteiger partial charge is 0.119 e. The Kier molecular flexibility index (Phi) is 12.5. The van der Waals surface area contributed by atoms with E-state index in [1.807, 2.05) is 37.4 Å². The van der Waals surface area contributed by atoms with Gasteiger partial charge in [0.1, 0.15) is 12.4 Å². The van der Waals surface area contributed by atoms with Crippen molar-refractivity contribution in [3.8, 4) is 5.75 Å². The molecule has 0 fully saturated rings. The number of halogens is 2. The van der Waals surface area contributed by atoms with Crippen molar-refractivity contribution in [1.82, 2.24) is 10.6 Å². The van der Waals surface area contributed by atoms with E-state index in [-0.39, 0.29) is 24.8 Å². The predicted octanol–water partition coefficient (Wildman–Crippen LogP) is 3.81. The lowest BCUT2D eigenvalue weighted by Gasteiger charge is -2.08. The molecule has 0 amide bonds. The van der Waals surface area contributed by atoms with Crippen LogP contribution in [-0.4, -0.2) is 20.1 Å². The SMILES string of the molecule is CNCCCNCc1ccc(OCc2ccccc2)cc1.Cl.Cl. The van der Waals surface area contributed by atoms with E-state index in [0.717, 1.165) is 31.8 Å². The molecule has 128 valence electrons. The number of hydrogen-bond acceptors (Lipinski definition) is 3. The fourth-order valence-corrected chi connectivity index (χ4v) is 2.07. The first-order valence-electron chi connectivity index (χ1n) is 7.49. The minimum Gasteiger partial charge on any atom is -0.489 e. The van der Waals surface area contributed by atoms with E-state index in [1.54, 1.807) is 0 Å². The highest BCUT2D eigenvalue weighted by Crippen LogP contribution is 2.14. The summed E-state index contributed by atoms with van der Waals surface area (Å²) < 4.78 is 5.78. The molecule has 0 radical (unpaired) electrons. The van der Waals surface area contributed by atoms with Crippen LogP contribution in [-0.2, 0) is 13.2 Å². The minimum absolute atomic E-state index is 0. The van der Waals surface area contributed by atoms with Gasteiger partial charge in [-0.1, -0.05) is 42.5 Å². The molecule has 0 spiro atoms. The molecule has 2 aromatic rings. The summed E-state index contributed by atoms with van der Waals surface area (Å²) in [5, 5.41) is 6.58. The second-order valence-corrected chi connectivity index (χ2v) is 5.05. The van der Waals surface area contributed by atoms with E-state index in [2.05, 4.69) is 34.9 Å². The summed E-state index contributed by atoms with van der Waals surface area (Å²) in [4.78, 5) is 0. The van der Waals surface area contributed by atoms with Gasteiger partial charge in [-0.15, -0.1) is 24.8 Å². The van der Waals surface area contributed by atoms with Crippen molar-refractivity contribution in [3.05, 3.63) is 65.7 Å². The van der Waals surface area contributed by atoms with E-state index in [9.17, 15) is 0 Å². The van der Waals surface area contributed by atoms with Gasteiger partial charge in [-0.25, -0.2) is 0 Å². The number of benzene rings is 2. The first-order chi connectivity index (χ1) is 10.4. The molecule has 2 aromatic carbocycles. The van der Waals surface area contributed by atoms with E-state index < -0.39 is 0 Å². The normalized spacial score (nSPS) is 9.61. The van der Waals surface area contributed by atoms with Crippen LogP contribution in [0, 0.1) is 0 Å². The molecule has 0 saturated carbocycles. The number of nitrogens with one attached hydrogen (secondary N) is 2. The zero-order valence-corrected chi connectivity index (χ0v) is 15.1. The molecular weight excluding hydrogens is 331 g/mol. The molecular formula is C18H26Cl2N2O. The summed E-state index contributed by atoms with van der Waals surface area (Å²) in [5.41, 5.74) is 2.47. The Morgan fingerprint density at radius 1 is 0.826 bits per heavy atom. The van der Waals surface area contributed by atoms with E-state index in [1.165, 1.54) is 11.1 Å². The largest absolute Gasteiger partial charge is 0.489 e. The second kappa shape index (κ2) is 13.2. The monoisotopic (exact) mass is 356 g/mol. The summed E-state index contributed by atoms with van der Waals surface area (Å²) in [6.07, 6.45) is 1.15. The van der Waals surface area contributed by atoms with Gasteiger partial charge < -0.3 is 15.4 Å². The molecule has 0 aliphatic heterocycles. The quantitative estimate of drug-likeness (QED) is 0.670. The summed E-state index contributed by atoms with van der Waals surface area (Å²) in [6.45, 7) is 3.61. The summed E-state index contributed by atoms with van der Waals surface area (Å²) >= 11 is 0. The molecule has 0 unspecified atom stereocenters. The molecule has 23 heavy (non-hydrogen) atoms. The Balaban J connectivity index is 0.00000242. The Labute approximate surface area is 151 Å². The molecule has 0 aliphatic rings. The van der Waals surface area contributed by atoms with Gasteiger partial charge in [-0.05, 0) is 49.8 Å². The Morgan fingerprint density at radius 3 is 2.17 bits per heavy atom. The van der Waals surface area contributed by atoms with Crippen LogP contribution in [0.3, 0.4) is 0 Å². The Hall–Kier alpha value is -1.26. The van der Waals surface area contributed by atoms with Crippen LogP contribution in [0.2, 0.25) is 0 Å². The van der Waals surface area contributed by atoms with E-state index in [4.69, 9.17) is 4.74 Å². The molecule has 0 bridgehead atoms. The zero-order chi connectivity index (χ0) is 14.8. The third-order valence-electron chi connectivity index (χ3n) is 3.28. The van der Waals surface area contributed by atoms with Gasteiger partial charge in [-0.3, -0.25) is 0 Å². The second-order valence-electron chi connectivity index (χ2n) is 5.05. The summed E-state index contributed by atoms with van der Waals surface area (Å²) in [5.74, 6) is 0.915. The van der Waals surface area contributed by atoms with Crippen molar-refractivity contribution in [2.45, 2.75) is 19.6 Å². The topological polar surface area (TPSA) is 33.3 Å². The number of rotatable bonds is 9. The summed E-state index contributed by atoms with van der Waals surface area (Å²) in [7, 11) is 1.98. The Bertz CT molecular complexity index is 506. The lowest BCUT2D eigenvalue weighted by atomic mass is 10.2. The maximum Gasteiger partial charge on any atom is 0.119 e. The zero-order valence-electron chi connectivity index (χ0n) is 13.5. The highest BCUT2D eigenvalue weighted by molar-refractivity contribution is 5.85. The van der Waals surface area contributed by atoms with Crippen LogP contribution < -0.4 is 15.4 Å². The first kappa shape index (κ1) is 21.7. The van der Waals surface area contributed by atoms with Crippen LogP contribution in [0.5, 0.6) is 5.75 Å². The van der Waals surface area contributed by atoms with Gasteiger partial charge in [0.15, 0.2) is 0 Å². The van der Waals surface area contributed by atoms with Gasteiger partial charge in [0, 0.05) is 6.54 Å². The molecule has 0 heterocycles. The number of ether oxygens (including phenoxy) is 1. The molecule has 2 rings (SSSR count). The molecule has 5 heteroatoms. The lowest BCUT2D eigenvalue weighted by Crippen LogP contribution is -2.19. The lowest BCUT2D eigenvalue weighted by molar-refractivity contribution is 0.306. The third-order valence-corrected chi connectivity index (χ3v) is 3.28. The molecule has 0 saturated heterocycles. The standard InChI is InChI=1S/C18H24N2O.2ClH/c1-19-12-5-13-20-14-16-8-10-18(11-9-16)21-15-17-6-3-2-4-7-17;;/h2-4,6-11,19-20H,5,12-15H2,1H3;2*1H. The minimum atomic E-state index is 0. The van der Waals surface area contributed by atoms with Gasteiger partial charge in [0.2, 0.25) is 0 Å². The number of hydrogen-bond donors (Lipinski definition) is 2. The maximum absolute atomic E-state index is 5.78. The molecule has 2 N–H and O–H groups in total. The van der Waals surface area contributed by atoms with Gasteiger partial charge in [0.05, 0.1) is 0 Å². The van der Waals surface area contributed by atoms with Crippen molar-refractivity contribution in [2.75, 3.05) is 20.1 Å². The summed E-state index contributed by atoms with van der Waals surface area (Å²) in [6, 6.07) is 18.5. The van der Waals surface area contributed by atoms with Crippen LogP contribution in [0.1, 0.15) is 17.5 Å². The van der Waals surface area contributed by atoms with Gasteiger partial charge in [0.25, 0.3) is 0 Å². The van der Waals surface area contributed by atoms with Crippen molar-refractivity contribution < 1.29 is 4.74 Å². The van der Waals surface area contributed by atoms with Gasteiger partial charge >= 0.3 is 0 Å². The van der Waals surface area contributed by atoms with Crippen molar-refractivity contribution in [1.29, 1.82) is 0 Å². The third kappa shape index (κ3) is 8.82. The molecule has 0 atom stereocenters. The van der Waals surface area contributed by atoms with E-state index in [0.29, 0.717) is 6.61 Å². The van der Waals surface area contributed by atoms with Crippen molar-refractivity contribution in [3.63, 3.8) is 0 Å². The predicted molar refractivity (Wildman–Crippen MR) is 102 cm³/mol.